The number of hydrogen-bond acceptors (Lipinski definition) is 5. The number of aldehydes is 2. The molecule has 0 aromatic carbocycles. The normalized spacial score (nSPS) is 9.56. The molecule has 0 aliphatic carbocycles. The third-order valence-electron chi connectivity index (χ3n) is 2.72. The van der Waals surface area contributed by atoms with Crippen molar-refractivity contribution in [2.75, 3.05) is 20.2 Å². The Kier molecular flexibility index (Phi) is 58.4. The van der Waals surface area contributed by atoms with E-state index in [-0.39, 0.29) is 17.4 Å². The highest BCUT2D eigenvalue weighted by molar-refractivity contribution is 5.58. The zero-order valence-corrected chi connectivity index (χ0v) is 27.7. The molecule has 0 bridgehead atoms. The van der Waals surface area contributed by atoms with Crippen LogP contribution in [0.15, 0.2) is 0 Å². The number of carbonyl (C=O) groups excluding carboxylic acids is 3. The third-order valence-corrected chi connectivity index (χ3v) is 2.72. The van der Waals surface area contributed by atoms with Gasteiger partial charge in [0.05, 0.1) is 12.2 Å². The number of likely N-dealkylation sites (N-methyl/N-ethyl adjacent to an activating group) is 1. The molecule has 0 saturated heterocycles. The molecule has 0 radical (unpaired) electrons. The topological polar surface area (TPSA) is 98.5 Å². The van der Waals surface area contributed by atoms with Crippen LogP contribution in [0.25, 0.3) is 0 Å². The van der Waals surface area contributed by atoms with Gasteiger partial charge in [-0.15, -0.1) is 0 Å². The number of rotatable bonds is 8. The van der Waals surface area contributed by atoms with Crippen molar-refractivity contribution in [3.63, 3.8) is 0 Å². The first-order chi connectivity index (χ1) is 16.3. The van der Waals surface area contributed by atoms with E-state index in [0.717, 1.165) is 43.5 Å². The maximum Gasteiger partial charge on any atom is 0.204 e. The van der Waals surface area contributed by atoms with Crippen LogP contribution in [0.2, 0.25) is 0 Å². The predicted octanol–water partition coefficient (Wildman–Crippen LogP) is 7.72. The van der Waals surface area contributed by atoms with E-state index < -0.39 is 0 Å². The molecule has 0 aliphatic rings. The van der Waals surface area contributed by atoms with E-state index in [2.05, 4.69) is 108 Å². The third kappa shape index (κ3) is 152. The van der Waals surface area contributed by atoms with Crippen molar-refractivity contribution in [1.82, 2.24) is 5.32 Å². The lowest BCUT2D eigenvalue weighted by atomic mass is 9.98. The smallest absolute Gasteiger partial charge is 0.204 e. The number of amides is 1. The van der Waals surface area contributed by atoms with E-state index in [4.69, 9.17) is 9.53 Å². The molecule has 224 valence electrons. The minimum Gasteiger partial charge on any atom is -0.374 e. The van der Waals surface area contributed by atoms with Gasteiger partial charge in [-0.25, -0.2) is 0 Å². The van der Waals surface area contributed by atoms with E-state index in [1.165, 1.54) is 6.42 Å². The number of ether oxygens (including phenoxy) is 1. The van der Waals surface area contributed by atoms with Gasteiger partial charge >= 0.3 is 0 Å². The Hall–Kier alpha value is -1.27. The Morgan fingerprint density at radius 2 is 1.03 bits per heavy atom. The van der Waals surface area contributed by atoms with Gasteiger partial charge in [0, 0.05) is 19.4 Å². The zero-order valence-electron chi connectivity index (χ0n) is 27.7. The van der Waals surface area contributed by atoms with Gasteiger partial charge in [0.15, 0.2) is 0 Å². The fourth-order valence-corrected chi connectivity index (χ4v) is 1.02. The highest BCUT2D eigenvalue weighted by Crippen LogP contribution is 2.17. The first-order valence-corrected chi connectivity index (χ1v) is 13.6. The van der Waals surface area contributed by atoms with Crippen LogP contribution >= 0.6 is 0 Å². The largest absolute Gasteiger partial charge is 0.374 e. The number of primary amides is 1. The molecule has 6 nitrogen and oxygen atoms in total. The second-order valence-electron chi connectivity index (χ2n) is 11.5. The first kappa shape index (κ1) is 51.4. The summed E-state index contributed by atoms with van der Waals surface area (Å²) in [6.45, 7) is 36.1. The lowest BCUT2D eigenvalue weighted by molar-refractivity contribution is -0.112. The second-order valence-corrected chi connectivity index (χ2v) is 11.5. The predicted molar refractivity (Wildman–Crippen MR) is 163 cm³/mol. The van der Waals surface area contributed by atoms with Crippen molar-refractivity contribution in [1.29, 1.82) is 0 Å². The van der Waals surface area contributed by atoms with Crippen LogP contribution < -0.4 is 11.1 Å². The van der Waals surface area contributed by atoms with Gasteiger partial charge in [0.2, 0.25) is 6.41 Å². The molecular weight excluding hydrogens is 452 g/mol. The van der Waals surface area contributed by atoms with Crippen LogP contribution in [-0.2, 0) is 19.1 Å². The van der Waals surface area contributed by atoms with Gasteiger partial charge in [-0.2, -0.15) is 0 Å². The van der Waals surface area contributed by atoms with Crippen LogP contribution in [0.5, 0.6) is 0 Å². The number of hydrogen-bond donors (Lipinski definition) is 2. The summed E-state index contributed by atoms with van der Waals surface area (Å²) in [5.74, 6) is 2.55. The van der Waals surface area contributed by atoms with Crippen LogP contribution in [0.1, 0.15) is 130 Å². The molecule has 0 fully saturated rings. The minimum atomic E-state index is -0.0535. The molecule has 0 aromatic heterocycles. The van der Waals surface area contributed by atoms with Gasteiger partial charge in [0.1, 0.15) is 12.6 Å². The van der Waals surface area contributed by atoms with Crippen molar-refractivity contribution in [2.24, 2.45) is 28.9 Å². The number of nitrogens with one attached hydrogen (secondary N) is 1. The fourth-order valence-electron chi connectivity index (χ4n) is 1.02. The molecule has 6 heteroatoms. The summed E-state index contributed by atoms with van der Waals surface area (Å²) < 4.78 is 5.77. The molecule has 1 amide bonds. The summed E-state index contributed by atoms with van der Waals surface area (Å²) in [5, 5.41) is 3.12. The summed E-state index contributed by atoms with van der Waals surface area (Å²) in [4.78, 5) is 27.4. The molecule has 0 heterocycles. The molecule has 0 atom stereocenters. The second kappa shape index (κ2) is 40.9. The Labute approximate surface area is 228 Å². The Balaban J connectivity index is -0.0000000598. The monoisotopic (exact) mass is 523 g/mol. The maximum atomic E-state index is 9.40. The van der Waals surface area contributed by atoms with Gasteiger partial charge in [-0.1, -0.05) is 103 Å². The van der Waals surface area contributed by atoms with Crippen LogP contribution in [0.3, 0.4) is 0 Å². The highest BCUT2D eigenvalue weighted by atomic mass is 16.5. The quantitative estimate of drug-likeness (QED) is 0.251. The lowest BCUT2D eigenvalue weighted by Crippen LogP contribution is -2.38. The van der Waals surface area contributed by atoms with Crippen LogP contribution in [-0.4, -0.2) is 44.8 Å². The molecule has 0 unspecified atom stereocenters. The molecule has 0 aliphatic heterocycles. The van der Waals surface area contributed by atoms with Crippen LogP contribution in [0, 0.1) is 23.2 Å². The van der Waals surface area contributed by atoms with Crippen molar-refractivity contribution >= 4 is 19.0 Å². The van der Waals surface area contributed by atoms with Crippen molar-refractivity contribution < 1.29 is 19.1 Å². The average molecular weight is 523 g/mol. The van der Waals surface area contributed by atoms with E-state index >= 15 is 0 Å². The SMILES string of the molecule is CC.CC(C)C.CC(C)C.CCC(C)C.CNCC(C)(C)OCC(C)(C)C.NC=O.O=CCCC=O. The Morgan fingerprint density at radius 1 is 0.778 bits per heavy atom. The molecule has 0 aromatic rings. The van der Waals surface area contributed by atoms with Crippen LogP contribution in [0.4, 0.5) is 0 Å². The lowest BCUT2D eigenvalue weighted by Gasteiger charge is -2.29. The van der Waals surface area contributed by atoms with E-state index in [9.17, 15) is 9.59 Å². The Morgan fingerprint density at radius 3 is 1.17 bits per heavy atom. The summed E-state index contributed by atoms with van der Waals surface area (Å²) >= 11 is 0. The summed E-state index contributed by atoms with van der Waals surface area (Å²) in [6, 6.07) is 0. The average Bonchev–Trinajstić information content (AvgIpc) is 2.72. The molecule has 3 N–H and O–H groups in total. The van der Waals surface area contributed by atoms with Crippen molar-refractivity contribution in [3.05, 3.63) is 0 Å². The summed E-state index contributed by atoms with van der Waals surface area (Å²) in [7, 11) is 1.95. The zero-order chi connectivity index (χ0) is 30.8. The molecule has 0 saturated carbocycles. The maximum absolute atomic E-state index is 9.40. The van der Waals surface area contributed by atoms with Gasteiger partial charge in [0.25, 0.3) is 0 Å². The van der Waals surface area contributed by atoms with Crippen molar-refractivity contribution in [2.45, 2.75) is 136 Å². The minimum absolute atomic E-state index is 0.0535. The fraction of sp³-hybridized carbons (Fsp3) is 0.900. The number of carbonyl (C=O) groups is 3. The van der Waals surface area contributed by atoms with Crippen molar-refractivity contribution in [3.8, 4) is 0 Å². The molecule has 0 spiro atoms. The highest BCUT2D eigenvalue weighted by Gasteiger charge is 2.20. The standard InChI is InChI=1S/C10H23NO.C5H12.C4H6O2.2C4H10.C2H6.CH3NO/c1-9(2,3)8-12-10(4,5)7-11-6;1-4-5(2)3;5-3-1-2-4-6;2*1-4(2)3;1-2;2-1-3/h11H,7-8H2,1-6H3;5H,4H2,1-3H3;3-4H,1-2H2;2*4H,1-3H3;1-2H3;1H,(H2,2,3). The first-order valence-electron chi connectivity index (χ1n) is 13.6. The number of unbranched alkanes of at least 4 members (excludes halogenated alkanes) is 1. The Bertz CT molecular complexity index is 369. The van der Waals surface area contributed by atoms with E-state index in [1.807, 2.05) is 20.9 Å². The molecular formula is C30H70N2O4. The van der Waals surface area contributed by atoms with Gasteiger partial charge in [-0.3, -0.25) is 4.79 Å². The van der Waals surface area contributed by atoms with Gasteiger partial charge in [-0.05, 0) is 44.1 Å². The number of nitrogens with two attached hydrogens (primary N) is 1. The van der Waals surface area contributed by atoms with E-state index in [0.29, 0.717) is 12.8 Å². The summed E-state index contributed by atoms with van der Waals surface area (Å²) in [5.41, 5.74) is 4.37. The van der Waals surface area contributed by atoms with E-state index in [1.54, 1.807) is 0 Å². The van der Waals surface area contributed by atoms with Gasteiger partial charge < -0.3 is 25.4 Å². The molecule has 0 rings (SSSR count). The molecule has 36 heavy (non-hydrogen) atoms. The summed E-state index contributed by atoms with van der Waals surface area (Å²) in [6.07, 6.45) is 3.75.